The van der Waals surface area contributed by atoms with Crippen molar-refractivity contribution in [3.05, 3.63) is 44.7 Å². The molecule has 1 N–H and O–H groups in total. The molecule has 0 saturated carbocycles. The third-order valence-electron chi connectivity index (χ3n) is 2.93. The van der Waals surface area contributed by atoms with Gasteiger partial charge in [-0.1, -0.05) is 11.2 Å². The van der Waals surface area contributed by atoms with Crippen LogP contribution in [0.2, 0.25) is 0 Å². The molecule has 0 saturated heterocycles. The number of benzene rings is 1. The molecule has 1 aromatic heterocycles. The lowest BCUT2D eigenvalue weighted by Crippen LogP contribution is -2.15. The van der Waals surface area contributed by atoms with Crippen molar-refractivity contribution in [2.45, 2.75) is 27.7 Å². The summed E-state index contributed by atoms with van der Waals surface area (Å²) in [6, 6.07) is 3.99. The molecule has 100 valence electrons. The summed E-state index contributed by atoms with van der Waals surface area (Å²) in [6.45, 7) is 7.45. The zero-order valence-corrected chi connectivity index (χ0v) is 12.9. The molecule has 0 aliphatic rings. The van der Waals surface area contributed by atoms with E-state index in [0.29, 0.717) is 17.0 Å². The van der Waals surface area contributed by atoms with Crippen LogP contribution < -0.4 is 5.32 Å². The van der Waals surface area contributed by atoms with E-state index in [1.54, 1.807) is 13.8 Å². The summed E-state index contributed by atoms with van der Waals surface area (Å²) in [7, 11) is 0. The summed E-state index contributed by atoms with van der Waals surface area (Å²) in [4.78, 5) is 12.3. The summed E-state index contributed by atoms with van der Waals surface area (Å²) >= 11 is 3.47. The van der Waals surface area contributed by atoms with Gasteiger partial charge in [-0.3, -0.25) is 4.79 Å². The van der Waals surface area contributed by atoms with Crippen LogP contribution in [0.4, 0.5) is 5.69 Å². The minimum Gasteiger partial charge on any atom is -0.361 e. The van der Waals surface area contributed by atoms with E-state index in [0.717, 1.165) is 21.3 Å². The maximum Gasteiger partial charge on any atom is 0.261 e. The van der Waals surface area contributed by atoms with Crippen molar-refractivity contribution in [1.82, 2.24) is 5.16 Å². The first-order chi connectivity index (χ1) is 8.90. The molecular formula is C14H15BrN2O2. The van der Waals surface area contributed by atoms with Gasteiger partial charge in [-0.15, -0.1) is 0 Å². The molecule has 4 nitrogen and oxygen atoms in total. The van der Waals surface area contributed by atoms with Gasteiger partial charge in [-0.2, -0.15) is 0 Å². The van der Waals surface area contributed by atoms with Crippen molar-refractivity contribution in [3.63, 3.8) is 0 Å². The number of anilines is 1. The largest absolute Gasteiger partial charge is 0.361 e. The van der Waals surface area contributed by atoms with Gasteiger partial charge >= 0.3 is 0 Å². The second-order valence-electron chi connectivity index (χ2n) is 4.59. The predicted octanol–water partition coefficient (Wildman–Crippen LogP) is 3.92. The number of carbonyl (C=O) groups excluding carboxylic acids is 1. The van der Waals surface area contributed by atoms with Gasteiger partial charge in [0.25, 0.3) is 5.91 Å². The minimum absolute atomic E-state index is 0.205. The minimum atomic E-state index is -0.205. The topological polar surface area (TPSA) is 55.1 Å². The Morgan fingerprint density at radius 3 is 2.47 bits per heavy atom. The molecule has 5 heteroatoms. The summed E-state index contributed by atoms with van der Waals surface area (Å²) in [5.41, 5.74) is 4.00. The van der Waals surface area contributed by atoms with Crippen LogP contribution in [0.5, 0.6) is 0 Å². The number of nitrogens with one attached hydrogen (secondary N) is 1. The summed E-state index contributed by atoms with van der Waals surface area (Å²) < 4.78 is 5.88. The lowest BCUT2D eigenvalue weighted by molar-refractivity contribution is 0.102. The molecule has 0 spiro atoms. The van der Waals surface area contributed by atoms with Crippen molar-refractivity contribution >= 4 is 27.5 Å². The average molecular weight is 323 g/mol. The molecule has 0 aliphatic heterocycles. The maximum atomic E-state index is 12.3. The molecule has 1 heterocycles. The smallest absolute Gasteiger partial charge is 0.261 e. The first-order valence-electron chi connectivity index (χ1n) is 5.91. The zero-order chi connectivity index (χ0) is 14.2. The molecule has 0 bridgehead atoms. The van der Waals surface area contributed by atoms with Crippen molar-refractivity contribution in [2.75, 3.05) is 5.32 Å². The Morgan fingerprint density at radius 2 is 1.95 bits per heavy atom. The average Bonchev–Trinajstić information content (AvgIpc) is 2.63. The van der Waals surface area contributed by atoms with Crippen LogP contribution in [0.1, 0.15) is 32.9 Å². The molecule has 0 unspecified atom stereocenters. The number of halogens is 1. The summed E-state index contributed by atoms with van der Waals surface area (Å²) in [5, 5.41) is 6.69. The van der Waals surface area contributed by atoms with Crippen LogP contribution in [-0.4, -0.2) is 11.1 Å². The lowest BCUT2D eigenvalue weighted by Gasteiger charge is -2.11. The normalized spacial score (nSPS) is 10.6. The van der Waals surface area contributed by atoms with E-state index in [2.05, 4.69) is 26.4 Å². The van der Waals surface area contributed by atoms with Gasteiger partial charge < -0.3 is 9.84 Å². The van der Waals surface area contributed by atoms with Crippen LogP contribution in [0.3, 0.4) is 0 Å². The SMILES string of the molecule is Cc1cc(C)c(NC(=O)c2c(C)noc2C)c(Br)c1. The Labute approximate surface area is 120 Å². The lowest BCUT2D eigenvalue weighted by atomic mass is 10.1. The van der Waals surface area contributed by atoms with Gasteiger partial charge in [0, 0.05) is 4.47 Å². The van der Waals surface area contributed by atoms with E-state index in [1.807, 2.05) is 26.0 Å². The molecule has 19 heavy (non-hydrogen) atoms. The van der Waals surface area contributed by atoms with Crippen molar-refractivity contribution < 1.29 is 9.32 Å². The molecule has 2 rings (SSSR count). The van der Waals surface area contributed by atoms with Gasteiger partial charge in [-0.25, -0.2) is 0 Å². The van der Waals surface area contributed by atoms with Gasteiger partial charge in [0.2, 0.25) is 0 Å². The Balaban J connectivity index is 2.35. The number of hydrogen-bond donors (Lipinski definition) is 1. The molecule has 0 fully saturated rings. The molecule has 0 radical (unpaired) electrons. The molecule has 1 amide bonds. The van der Waals surface area contributed by atoms with Crippen LogP contribution in [0, 0.1) is 27.7 Å². The van der Waals surface area contributed by atoms with E-state index < -0.39 is 0 Å². The third kappa shape index (κ3) is 2.71. The maximum absolute atomic E-state index is 12.3. The van der Waals surface area contributed by atoms with E-state index in [9.17, 15) is 4.79 Å². The number of nitrogens with zero attached hydrogens (tertiary/aromatic N) is 1. The number of rotatable bonds is 2. The Kier molecular flexibility index (Phi) is 3.75. The van der Waals surface area contributed by atoms with Crippen LogP contribution >= 0.6 is 15.9 Å². The number of amides is 1. The number of hydrogen-bond acceptors (Lipinski definition) is 3. The first-order valence-corrected chi connectivity index (χ1v) is 6.70. The third-order valence-corrected chi connectivity index (χ3v) is 3.56. The van der Waals surface area contributed by atoms with E-state index in [4.69, 9.17) is 4.52 Å². The second-order valence-corrected chi connectivity index (χ2v) is 5.45. The first kappa shape index (κ1) is 13.8. The van der Waals surface area contributed by atoms with Crippen LogP contribution in [0.25, 0.3) is 0 Å². The Hall–Kier alpha value is -1.62. The van der Waals surface area contributed by atoms with Crippen molar-refractivity contribution in [2.24, 2.45) is 0 Å². The number of carbonyl (C=O) groups is 1. The highest BCUT2D eigenvalue weighted by atomic mass is 79.9. The van der Waals surface area contributed by atoms with E-state index in [1.165, 1.54) is 0 Å². The number of aryl methyl sites for hydroxylation is 4. The highest BCUT2D eigenvalue weighted by Crippen LogP contribution is 2.28. The predicted molar refractivity (Wildman–Crippen MR) is 77.5 cm³/mol. The van der Waals surface area contributed by atoms with Gasteiger partial charge in [0.15, 0.2) is 0 Å². The fraction of sp³-hybridized carbons (Fsp3) is 0.286. The quantitative estimate of drug-likeness (QED) is 0.911. The molecule has 1 aromatic carbocycles. The van der Waals surface area contributed by atoms with Crippen LogP contribution in [-0.2, 0) is 0 Å². The van der Waals surface area contributed by atoms with Gasteiger partial charge in [0.1, 0.15) is 11.3 Å². The summed E-state index contributed by atoms with van der Waals surface area (Å²) in [5.74, 6) is 0.319. The van der Waals surface area contributed by atoms with E-state index >= 15 is 0 Å². The monoisotopic (exact) mass is 322 g/mol. The standard InChI is InChI=1S/C14H15BrN2O2/c1-7-5-8(2)13(11(15)6-7)16-14(18)12-9(3)17-19-10(12)4/h5-6H,1-4H3,(H,16,18). The van der Waals surface area contributed by atoms with Gasteiger partial charge in [0.05, 0.1) is 11.4 Å². The Bertz CT molecular complexity index is 604. The second kappa shape index (κ2) is 5.17. The van der Waals surface area contributed by atoms with Crippen molar-refractivity contribution in [3.8, 4) is 0 Å². The van der Waals surface area contributed by atoms with Crippen LogP contribution in [0.15, 0.2) is 21.1 Å². The Morgan fingerprint density at radius 1 is 1.26 bits per heavy atom. The zero-order valence-electron chi connectivity index (χ0n) is 11.3. The highest BCUT2D eigenvalue weighted by Gasteiger charge is 2.19. The molecule has 0 aliphatic carbocycles. The fourth-order valence-corrected chi connectivity index (χ4v) is 2.83. The highest BCUT2D eigenvalue weighted by molar-refractivity contribution is 9.10. The van der Waals surface area contributed by atoms with Gasteiger partial charge in [-0.05, 0) is 60.8 Å². The summed E-state index contributed by atoms with van der Waals surface area (Å²) in [6.07, 6.45) is 0. The fourth-order valence-electron chi connectivity index (χ4n) is 2.06. The molecular weight excluding hydrogens is 308 g/mol. The van der Waals surface area contributed by atoms with Crippen molar-refractivity contribution in [1.29, 1.82) is 0 Å². The number of aromatic nitrogens is 1. The molecule has 0 atom stereocenters. The van der Waals surface area contributed by atoms with E-state index in [-0.39, 0.29) is 5.91 Å². The molecule has 2 aromatic rings.